The molecule has 1 heterocycles. The highest BCUT2D eigenvalue weighted by Gasteiger charge is 2.35. The Balaban J connectivity index is 2.26. The van der Waals surface area contributed by atoms with Crippen LogP contribution in [0.25, 0.3) is 0 Å². The van der Waals surface area contributed by atoms with Crippen molar-refractivity contribution in [1.82, 2.24) is 37.2 Å². The van der Waals surface area contributed by atoms with E-state index in [0.717, 1.165) is 6.42 Å². The first-order valence-electron chi connectivity index (χ1n) is 17.4. The fraction of sp³-hybridized carbons (Fsp3) is 0.588. The molecule has 18 nitrogen and oxygen atoms in total. The third-order valence-electron chi connectivity index (χ3n) is 8.54. The molecule has 0 aromatic heterocycles. The third-order valence-corrected chi connectivity index (χ3v) is 8.54. The van der Waals surface area contributed by atoms with Gasteiger partial charge < -0.3 is 53.2 Å². The van der Waals surface area contributed by atoms with Crippen LogP contribution in [0.3, 0.4) is 0 Å². The van der Waals surface area contributed by atoms with Crippen molar-refractivity contribution in [2.45, 2.75) is 95.4 Å². The molecule has 1 aromatic carbocycles. The summed E-state index contributed by atoms with van der Waals surface area (Å²) in [6, 6.07) is 2.79. The molecule has 0 saturated carbocycles. The quantitative estimate of drug-likeness (QED) is 0.0541. The molecule has 0 aliphatic carbocycles. The molecule has 6 atom stereocenters. The van der Waals surface area contributed by atoms with Crippen LogP contribution in [0.15, 0.2) is 30.3 Å². The van der Waals surface area contributed by atoms with Crippen LogP contribution in [-0.4, -0.2) is 114 Å². The normalized spacial score (nSPS) is 16.6. The number of carboxylic acid groups (broad SMARTS) is 2. The van der Waals surface area contributed by atoms with Gasteiger partial charge in [-0.3, -0.25) is 38.4 Å². The summed E-state index contributed by atoms with van der Waals surface area (Å²) in [5.41, 5.74) is 6.24. The Morgan fingerprint density at radius 1 is 0.808 bits per heavy atom. The van der Waals surface area contributed by atoms with Gasteiger partial charge in [-0.25, -0.2) is 0 Å². The van der Waals surface area contributed by atoms with Crippen molar-refractivity contribution < 1.29 is 48.6 Å². The van der Waals surface area contributed by atoms with E-state index in [1.165, 1.54) is 0 Å². The summed E-state index contributed by atoms with van der Waals surface area (Å²) in [7, 11) is 0. The minimum atomic E-state index is -1.69. The molecule has 1 aliphatic rings. The van der Waals surface area contributed by atoms with Crippen LogP contribution in [0.4, 0.5) is 0 Å². The second-order valence-electron chi connectivity index (χ2n) is 12.7. The van der Waals surface area contributed by atoms with Crippen molar-refractivity contribution in [3.63, 3.8) is 0 Å². The van der Waals surface area contributed by atoms with Gasteiger partial charge in [0.2, 0.25) is 35.4 Å². The minimum Gasteiger partial charge on any atom is -0.481 e. The van der Waals surface area contributed by atoms with Gasteiger partial charge in [0.25, 0.3) is 0 Å². The molecule has 1 aromatic rings. The van der Waals surface area contributed by atoms with Gasteiger partial charge in [0.15, 0.2) is 0 Å². The van der Waals surface area contributed by atoms with Crippen LogP contribution < -0.4 is 43.0 Å². The molecular weight excluding hydrogens is 680 g/mol. The van der Waals surface area contributed by atoms with Crippen LogP contribution >= 0.6 is 0 Å². The fourth-order valence-corrected chi connectivity index (χ4v) is 5.40. The third kappa shape index (κ3) is 15.4. The van der Waals surface area contributed by atoms with E-state index < -0.39 is 91.2 Å². The number of aliphatic carboxylic acids is 2. The van der Waals surface area contributed by atoms with E-state index in [0.29, 0.717) is 44.3 Å². The lowest BCUT2D eigenvalue weighted by atomic mass is 9.97. The summed E-state index contributed by atoms with van der Waals surface area (Å²) >= 11 is 0. The standard InChI is InChI=1S/C34H52N8O10/c1-3-20(2)29(42-31(49)22-13-9-15-36-22)34(52)39-23(12-7-8-14-35)32(50)41-25(17-27(44)45)33(51)40-24(16-21-10-5-4-6-11-21)30(48)38-18-26(43)37-19-28(46)47/h4-6,10-11,20,22-25,29,36H,3,7-9,12-19,35H2,1-2H3,(H,37,43)(H,38,48)(H,39,52)(H,40,51)(H,41,50)(H,42,49)(H,44,45)(H,46,47)/t20-,22-,23-,24-,25-,29-/m0/s1. The Morgan fingerprint density at radius 2 is 1.46 bits per heavy atom. The molecule has 288 valence electrons. The van der Waals surface area contributed by atoms with Gasteiger partial charge in [0.1, 0.15) is 30.7 Å². The van der Waals surface area contributed by atoms with Gasteiger partial charge in [0.05, 0.1) is 19.0 Å². The molecule has 1 aliphatic heterocycles. The van der Waals surface area contributed by atoms with Crippen molar-refractivity contribution in [1.29, 1.82) is 0 Å². The van der Waals surface area contributed by atoms with E-state index in [1.54, 1.807) is 37.3 Å². The van der Waals surface area contributed by atoms with E-state index in [4.69, 9.17) is 10.8 Å². The Bertz CT molecular complexity index is 1390. The lowest BCUT2D eigenvalue weighted by Crippen LogP contribution is -2.60. The van der Waals surface area contributed by atoms with Crippen molar-refractivity contribution in [3.8, 4) is 0 Å². The van der Waals surface area contributed by atoms with E-state index in [9.17, 15) is 43.5 Å². The number of hydrogen-bond donors (Lipinski definition) is 10. The monoisotopic (exact) mass is 732 g/mol. The lowest BCUT2D eigenvalue weighted by Gasteiger charge is -2.28. The van der Waals surface area contributed by atoms with Gasteiger partial charge in [-0.05, 0) is 56.7 Å². The van der Waals surface area contributed by atoms with Gasteiger partial charge in [-0.1, -0.05) is 50.6 Å². The summed E-state index contributed by atoms with van der Waals surface area (Å²) in [5.74, 6) is -7.52. The number of amides is 6. The maximum atomic E-state index is 13.7. The van der Waals surface area contributed by atoms with Gasteiger partial charge in [-0.15, -0.1) is 0 Å². The molecule has 0 spiro atoms. The predicted octanol–water partition coefficient (Wildman–Crippen LogP) is -2.11. The molecule has 0 radical (unpaired) electrons. The van der Waals surface area contributed by atoms with Crippen molar-refractivity contribution in [2.75, 3.05) is 26.2 Å². The highest BCUT2D eigenvalue weighted by atomic mass is 16.4. The summed E-state index contributed by atoms with van der Waals surface area (Å²) in [6.45, 7) is 3.34. The van der Waals surface area contributed by atoms with Crippen LogP contribution in [0.5, 0.6) is 0 Å². The largest absolute Gasteiger partial charge is 0.481 e. The summed E-state index contributed by atoms with van der Waals surface area (Å²) < 4.78 is 0. The smallest absolute Gasteiger partial charge is 0.322 e. The molecule has 11 N–H and O–H groups in total. The molecule has 2 rings (SSSR count). The Morgan fingerprint density at radius 3 is 2.06 bits per heavy atom. The Kier molecular flexibility index (Phi) is 18.8. The van der Waals surface area contributed by atoms with E-state index in [2.05, 4.69) is 37.2 Å². The Labute approximate surface area is 302 Å². The number of carboxylic acids is 2. The molecule has 0 bridgehead atoms. The van der Waals surface area contributed by atoms with Crippen LogP contribution in [-0.2, 0) is 44.8 Å². The summed E-state index contributed by atoms with van der Waals surface area (Å²) in [6.07, 6.45) is 2.00. The maximum Gasteiger partial charge on any atom is 0.322 e. The van der Waals surface area contributed by atoms with Gasteiger partial charge in [0, 0.05) is 6.42 Å². The Hall–Kier alpha value is -5.10. The average molecular weight is 733 g/mol. The SMILES string of the molecule is CC[C@H](C)[C@H](NC(=O)[C@@H]1CCCN1)C(=O)N[C@@H](CCCCN)C(=O)N[C@@H](CC(=O)O)C(=O)N[C@@H](Cc1ccccc1)C(=O)NCC(=O)NCC(=O)O. The zero-order valence-corrected chi connectivity index (χ0v) is 29.6. The fourth-order valence-electron chi connectivity index (χ4n) is 5.40. The first kappa shape index (κ1) is 43.1. The number of rotatable bonds is 23. The van der Waals surface area contributed by atoms with Gasteiger partial charge >= 0.3 is 11.9 Å². The van der Waals surface area contributed by atoms with E-state index in [1.807, 2.05) is 6.92 Å². The molecule has 52 heavy (non-hydrogen) atoms. The summed E-state index contributed by atoms with van der Waals surface area (Å²) in [4.78, 5) is 101. The van der Waals surface area contributed by atoms with E-state index >= 15 is 0 Å². The first-order chi connectivity index (χ1) is 24.7. The minimum absolute atomic E-state index is 0.0836. The van der Waals surface area contributed by atoms with Gasteiger partial charge in [-0.2, -0.15) is 0 Å². The molecule has 6 amide bonds. The molecule has 1 fully saturated rings. The highest BCUT2D eigenvalue weighted by Crippen LogP contribution is 2.13. The van der Waals surface area contributed by atoms with Crippen molar-refractivity contribution >= 4 is 47.4 Å². The number of carbonyl (C=O) groups excluding carboxylic acids is 6. The van der Waals surface area contributed by atoms with Crippen molar-refractivity contribution in [2.24, 2.45) is 11.7 Å². The molecule has 1 saturated heterocycles. The molecule has 18 heteroatoms. The maximum absolute atomic E-state index is 13.7. The van der Waals surface area contributed by atoms with Crippen LogP contribution in [0.2, 0.25) is 0 Å². The number of nitrogens with two attached hydrogens (primary N) is 1. The second-order valence-corrected chi connectivity index (χ2v) is 12.7. The predicted molar refractivity (Wildman–Crippen MR) is 187 cm³/mol. The average Bonchev–Trinajstić information content (AvgIpc) is 3.66. The highest BCUT2D eigenvalue weighted by molar-refractivity contribution is 5.97. The number of hydrogen-bond acceptors (Lipinski definition) is 10. The number of carbonyl (C=O) groups is 8. The zero-order chi connectivity index (χ0) is 38.6. The second kappa shape index (κ2) is 22.7. The zero-order valence-electron chi connectivity index (χ0n) is 29.6. The molecule has 0 unspecified atom stereocenters. The van der Waals surface area contributed by atoms with Crippen molar-refractivity contribution in [3.05, 3.63) is 35.9 Å². The number of unbranched alkanes of at least 4 members (excludes halogenated alkanes) is 1. The summed E-state index contributed by atoms with van der Waals surface area (Å²) in [5, 5.41) is 36.2. The topological polar surface area (TPSA) is 287 Å². The van der Waals surface area contributed by atoms with Crippen LogP contribution in [0.1, 0.15) is 64.4 Å². The first-order valence-corrected chi connectivity index (χ1v) is 17.4. The number of benzene rings is 1. The lowest BCUT2D eigenvalue weighted by molar-refractivity contribution is -0.141. The van der Waals surface area contributed by atoms with E-state index in [-0.39, 0.29) is 24.7 Å². The number of nitrogens with one attached hydrogen (secondary N) is 7. The van der Waals surface area contributed by atoms with Crippen LogP contribution in [0, 0.1) is 5.92 Å². The molecular formula is C34H52N8O10.